The maximum absolute atomic E-state index is 14.4. The molecule has 1 aliphatic heterocycles. The Morgan fingerprint density at radius 3 is 2.44 bits per heavy atom. The number of benzene rings is 3. The Hall–Kier alpha value is -3.94. The summed E-state index contributed by atoms with van der Waals surface area (Å²) in [7, 11) is 1.42. The molecule has 0 amide bonds. The molecule has 4 aromatic rings. The highest BCUT2D eigenvalue weighted by Crippen LogP contribution is 2.39. The highest BCUT2D eigenvalue weighted by atomic mass is 79.9. The monoisotopic (exact) mass is 724 g/mol. The summed E-state index contributed by atoms with van der Waals surface area (Å²) in [6, 6.07) is 13.2. The summed E-state index contributed by atoms with van der Waals surface area (Å²) in [5.41, 5.74) is -1.78. The first-order chi connectivity index (χ1) is 21.4. The Morgan fingerprint density at radius 1 is 1.13 bits per heavy atom. The Kier molecular flexibility index (Phi) is 9.52. The molecule has 2 heterocycles. The van der Waals surface area contributed by atoms with Gasteiger partial charge in [-0.3, -0.25) is 9.36 Å². The predicted molar refractivity (Wildman–Crippen MR) is 164 cm³/mol. The number of thiazole rings is 1. The van der Waals surface area contributed by atoms with E-state index in [-0.39, 0.29) is 33.9 Å². The standard InChI is InChI=1S/C31H22BrClF4N2O5S/c1-3-43-29(41)24-25(17-6-8-20(33)9-7-17)39-28(40)23(45-30(39)38-27(24)31(35,36)37)13-18-12-19(32)14-22(42-2)26(18)44-15-16-4-10-21(34)11-5-16/h4-14,25H,3,15H2,1-2H3/b23-13-/t25-/m0/s1. The number of halogens is 6. The van der Waals surface area contributed by atoms with Crippen LogP contribution in [0.1, 0.15) is 29.7 Å². The highest BCUT2D eigenvalue weighted by Gasteiger charge is 2.45. The van der Waals surface area contributed by atoms with Crippen LogP contribution >= 0.6 is 38.9 Å². The number of hydrogen-bond acceptors (Lipinski definition) is 7. The van der Waals surface area contributed by atoms with Crippen molar-refractivity contribution in [3.8, 4) is 11.5 Å². The van der Waals surface area contributed by atoms with Crippen molar-refractivity contribution < 1.29 is 36.6 Å². The van der Waals surface area contributed by atoms with Crippen LogP contribution in [0.5, 0.6) is 11.5 Å². The Morgan fingerprint density at radius 2 is 1.82 bits per heavy atom. The first kappa shape index (κ1) is 32.5. The van der Waals surface area contributed by atoms with Crippen LogP contribution in [0.25, 0.3) is 6.08 Å². The van der Waals surface area contributed by atoms with Crippen LogP contribution in [0.15, 0.2) is 86.2 Å². The van der Waals surface area contributed by atoms with Crippen molar-refractivity contribution in [1.29, 1.82) is 0 Å². The number of esters is 1. The van der Waals surface area contributed by atoms with E-state index >= 15 is 0 Å². The quantitative estimate of drug-likeness (QED) is 0.154. The fourth-order valence-corrected chi connectivity index (χ4v) is 6.25. The van der Waals surface area contributed by atoms with Gasteiger partial charge in [0, 0.05) is 15.1 Å². The number of allylic oxidation sites excluding steroid dienone is 1. The molecule has 3 aromatic carbocycles. The average Bonchev–Trinajstić information content (AvgIpc) is 3.30. The molecule has 45 heavy (non-hydrogen) atoms. The number of carbonyl (C=O) groups is 1. The van der Waals surface area contributed by atoms with Crippen molar-refractivity contribution in [2.24, 2.45) is 4.99 Å². The molecule has 0 radical (unpaired) electrons. The van der Waals surface area contributed by atoms with Gasteiger partial charge in [-0.15, -0.1) is 0 Å². The fraction of sp³-hybridized carbons (Fsp3) is 0.194. The summed E-state index contributed by atoms with van der Waals surface area (Å²) in [5, 5.41) is 0.306. The number of rotatable bonds is 8. The third kappa shape index (κ3) is 6.85. The lowest BCUT2D eigenvalue weighted by atomic mass is 9.95. The largest absolute Gasteiger partial charge is 0.493 e. The number of carbonyl (C=O) groups excluding carboxylic acids is 1. The van der Waals surface area contributed by atoms with Crippen LogP contribution in [0.3, 0.4) is 0 Å². The van der Waals surface area contributed by atoms with Crippen LogP contribution in [0, 0.1) is 5.82 Å². The van der Waals surface area contributed by atoms with Gasteiger partial charge in [0.1, 0.15) is 12.4 Å². The lowest BCUT2D eigenvalue weighted by molar-refractivity contribution is -0.140. The van der Waals surface area contributed by atoms with Crippen molar-refractivity contribution >= 4 is 50.9 Å². The molecule has 0 saturated heterocycles. The second-order valence-corrected chi connectivity index (χ2v) is 11.9. The van der Waals surface area contributed by atoms with Crippen LogP contribution in [-0.2, 0) is 16.1 Å². The average molecular weight is 726 g/mol. The molecule has 7 nitrogen and oxygen atoms in total. The summed E-state index contributed by atoms with van der Waals surface area (Å²) in [4.78, 5) is 30.5. The smallest absolute Gasteiger partial charge is 0.434 e. The van der Waals surface area contributed by atoms with Crippen molar-refractivity contribution in [3.63, 3.8) is 0 Å². The van der Waals surface area contributed by atoms with Crippen molar-refractivity contribution in [2.45, 2.75) is 25.7 Å². The first-order valence-corrected chi connectivity index (χ1v) is 15.2. The van der Waals surface area contributed by atoms with Crippen molar-refractivity contribution in [2.75, 3.05) is 13.7 Å². The van der Waals surface area contributed by atoms with Crippen LogP contribution < -0.4 is 24.4 Å². The molecule has 0 unspecified atom stereocenters. The number of nitrogens with zero attached hydrogens (tertiary/aromatic N) is 2. The Balaban J connectivity index is 1.72. The van der Waals surface area contributed by atoms with E-state index in [4.69, 9.17) is 25.8 Å². The van der Waals surface area contributed by atoms with E-state index in [1.165, 1.54) is 56.5 Å². The number of hydrogen-bond donors (Lipinski definition) is 0. The zero-order valence-corrected chi connectivity index (χ0v) is 26.6. The normalized spacial score (nSPS) is 15.0. The molecule has 0 saturated carbocycles. The minimum atomic E-state index is -5.04. The third-order valence-corrected chi connectivity index (χ3v) is 8.32. The van der Waals surface area contributed by atoms with Gasteiger partial charge in [0.05, 0.1) is 29.9 Å². The maximum Gasteiger partial charge on any atom is 0.434 e. The minimum absolute atomic E-state index is 0.00568. The molecule has 0 bridgehead atoms. The molecule has 1 aromatic heterocycles. The van der Waals surface area contributed by atoms with Crippen molar-refractivity contribution in [1.82, 2.24) is 4.57 Å². The van der Waals surface area contributed by atoms with E-state index in [2.05, 4.69) is 20.9 Å². The van der Waals surface area contributed by atoms with Crippen LogP contribution in [0.2, 0.25) is 5.02 Å². The first-order valence-electron chi connectivity index (χ1n) is 13.2. The predicted octanol–water partition coefficient (Wildman–Crippen LogP) is 6.48. The van der Waals surface area contributed by atoms with Crippen LogP contribution in [0.4, 0.5) is 17.6 Å². The van der Waals surface area contributed by atoms with E-state index < -0.39 is 40.8 Å². The second-order valence-electron chi connectivity index (χ2n) is 9.56. The van der Waals surface area contributed by atoms with E-state index in [1.54, 1.807) is 24.3 Å². The molecule has 0 fully saturated rings. The molecule has 234 valence electrons. The SMILES string of the molecule is CCOC(=O)C1=C(C(F)(F)F)N=c2s/c(=C\c3cc(Br)cc(OC)c3OCc3ccc(F)cc3)c(=O)n2[C@H]1c1ccc(Cl)cc1. The maximum atomic E-state index is 14.4. The lowest BCUT2D eigenvalue weighted by Crippen LogP contribution is -2.41. The fourth-order valence-electron chi connectivity index (χ4n) is 4.68. The molecule has 14 heteroatoms. The molecule has 1 atom stereocenters. The van der Waals surface area contributed by atoms with Gasteiger partial charge in [-0.25, -0.2) is 14.2 Å². The van der Waals surface area contributed by atoms with Crippen LogP contribution in [-0.4, -0.2) is 30.4 Å². The zero-order valence-electron chi connectivity index (χ0n) is 23.5. The molecule has 0 spiro atoms. The van der Waals surface area contributed by atoms with E-state index in [0.29, 0.717) is 37.7 Å². The molecule has 5 rings (SSSR count). The Bertz CT molecular complexity index is 1970. The van der Waals surface area contributed by atoms with Gasteiger partial charge < -0.3 is 14.2 Å². The molecule has 0 aliphatic carbocycles. The lowest BCUT2D eigenvalue weighted by Gasteiger charge is -2.26. The number of ether oxygens (including phenoxy) is 3. The molecule has 1 aliphatic rings. The van der Waals surface area contributed by atoms with Gasteiger partial charge in [0.15, 0.2) is 22.0 Å². The van der Waals surface area contributed by atoms with Crippen molar-refractivity contribution in [3.05, 3.63) is 124 Å². The van der Waals surface area contributed by atoms with Gasteiger partial charge in [-0.1, -0.05) is 63.1 Å². The topological polar surface area (TPSA) is 79.1 Å². The molecular weight excluding hydrogens is 704 g/mol. The molecule has 0 N–H and O–H groups in total. The number of fused-ring (bicyclic) bond motifs is 1. The summed E-state index contributed by atoms with van der Waals surface area (Å²) >= 11 is 10.2. The van der Waals surface area contributed by atoms with Gasteiger partial charge >= 0.3 is 12.1 Å². The van der Waals surface area contributed by atoms with E-state index in [1.807, 2.05) is 0 Å². The summed E-state index contributed by atoms with van der Waals surface area (Å²) in [6.45, 7) is 1.28. The summed E-state index contributed by atoms with van der Waals surface area (Å²) in [5.74, 6) is -1.13. The Labute approximate surface area is 270 Å². The summed E-state index contributed by atoms with van der Waals surface area (Å²) < 4.78 is 74.7. The highest BCUT2D eigenvalue weighted by molar-refractivity contribution is 9.10. The van der Waals surface area contributed by atoms with Gasteiger partial charge in [-0.05, 0) is 60.5 Å². The summed E-state index contributed by atoms with van der Waals surface area (Å²) in [6.07, 6.45) is -3.60. The molecular formula is C31H22BrClF4N2O5S. The van der Waals surface area contributed by atoms with Gasteiger partial charge in [0.25, 0.3) is 5.56 Å². The number of methoxy groups -OCH3 is 1. The van der Waals surface area contributed by atoms with Gasteiger partial charge in [-0.2, -0.15) is 13.2 Å². The number of aromatic nitrogens is 1. The number of alkyl halides is 3. The minimum Gasteiger partial charge on any atom is -0.493 e. The van der Waals surface area contributed by atoms with Gasteiger partial charge in [0.2, 0.25) is 0 Å². The zero-order chi connectivity index (χ0) is 32.5. The second kappa shape index (κ2) is 13.2. The third-order valence-electron chi connectivity index (χ3n) is 6.63. The van der Waals surface area contributed by atoms with E-state index in [0.717, 1.165) is 4.57 Å². The van der Waals surface area contributed by atoms with E-state index in [9.17, 15) is 27.2 Å².